The molecule has 2 N–H and O–H groups in total. The fourth-order valence-electron chi connectivity index (χ4n) is 2.46. The van der Waals surface area contributed by atoms with E-state index in [1.807, 2.05) is 13.0 Å². The second-order valence-electron chi connectivity index (χ2n) is 6.10. The van der Waals surface area contributed by atoms with E-state index in [0.29, 0.717) is 16.9 Å². The van der Waals surface area contributed by atoms with Crippen molar-refractivity contribution >= 4 is 29.3 Å². The predicted octanol–water partition coefficient (Wildman–Crippen LogP) is 4.43. The third kappa shape index (κ3) is 5.11. The number of hydrogen-bond donors (Lipinski definition) is 2. The van der Waals surface area contributed by atoms with E-state index in [-0.39, 0.29) is 11.8 Å². The van der Waals surface area contributed by atoms with Gasteiger partial charge in [-0.3, -0.25) is 14.6 Å². The largest absolute Gasteiger partial charge is 0.322 e. The Labute approximate surface area is 161 Å². The molecule has 0 fully saturated rings. The summed E-state index contributed by atoms with van der Waals surface area (Å²) in [5.41, 5.74) is 3.11. The number of pyridine rings is 1. The number of amides is 2. The lowest BCUT2D eigenvalue weighted by atomic mass is 10.1. The smallest absolute Gasteiger partial charge is 0.255 e. The van der Waals surface area contributed by atoms with E-state index in [0.717, 1.165) is 11.1 Å². The van der Waals surface area contributed by atoms with Gasteiger partial charge in [0.2, 0.25) is 5.91 Å². The first-order valence-electron chi connectivity index (χ1n) is 8.58. The molecule has 5 nitrogen and oxygen atoms in total. The van der Waals surface area contributed by atoms with E-state index < -0.39 is 5.82 Å². The molecule has 0 aliphatic rings. The Balaban J connectivity index is 1.69. The van der Waals surface area contributed by atoms with Crippen molar-refractivity contribution in [2.45, 2.75) is 6.92 Å². The van der Waals surface area contributed by atoms with Gasteiger partial charge in [0, 0.05) is 35.4 Å². The van der Waals surface area contributed by atoms with Gasteiger partial charge in [-0.05, 0) is 66.6 Å². The van der Waals surface area contributed by atoms with Gasteiger partial charge < -0.3 is 10.6 Å². The first-order chi connectivity index (χ1) is 13.5. The van der Waals surface area contributed by atoms with Gasteiger partial charge in [-0.15, -0.1) is 0 Å². The molecule has 6 heteroatoms. The number of aromatic nitrogens is 1. The Hall–Kier alpha value is -3.80. The Morgan fingerprint density at radius 3 is 2.54 bits per heavy atom. The first-order valence-corrected chi connectivity index (χ1v) is 8.58. The van der Waals surface area contributed by atoms with Gasteiger partial charge in [0.05, 0.1) is 0 Å². The van der Waals surface area contributed by atoms with E-state index in [1.165, 1.54) is 30.3 Å². The van der Waals surface area contributed by atoms with E-state index in [9.17, 15) is 14.0 Å². The number of anilines is 2. The summed E-state index contributed by atoms with van der Waals surface area (Å²) < 4.78 is 13.0. The molecule has 0 aliphatic heterocycles. The molecule has 1 aromatic heterocycles. The van der Waals surface area contributed by atoms with Crippen LogP contribution in [0.15, 0.2) is 73.1 Å². The molecule has 0 unspecified atom stereocenters. The van der Waals surface area contributed by atoms with Crippen molar-refractivity contribution < 1.29 is 14.0 Å². The monoisotopic (exact) mass is 375 g/mol. The third-order valence-corrected chi connectivity index (χ3v) is 3.97. The molecule has 3 aromatic rings. The highest BCUT2D eigenvalue weighted by atomic mass is 19.1. The van der Waals surface area contributed by atoms with Gasteiger partial charge in [0.15, 0.2) is 0 Å². The molecule has 3 rings (SSSR count). The molecule has 140 valence electrons. The molecule has 28 heavy (non-hydrogen) atoms. The van der Waals surface area contributed by atoms with E-state index in [4.69, 9.17) is 0 Å². The van der Waals surface area contributed by atoms with Crippen molar-refractivity contribution in [3.8, 4) is 0 Å². The van der Waals surface area contributed by atoms with Crippen LogP contribution in [0.2, 0.25) is 0 Å². The van der Waals surface area contributed by atoms with Crippen LogP contribution in [0.4, 0.5) is 15.8 Å². The zero-order valence-electron chi connectivity index (χ0n) is 15.1. The number of rotatable bonds is 5. The number of halogens is 1. The third-order valence-electron chi connectivity index (χ3n) is 3.97. The van der Waals surface area contributed by atoms with Gasteiger partial charge in [0.1, 0.15) is 5.82 Å². The summed E-state index contributed by atoms with van der Waals surface area (Å²) in [6, 6.07) is 14.1. The van der Waals surface area contributed by atoms with Crippen LogP contribution >= 0.6 is 0 Å². The molecule has 0 spiro atoms. The molecule has 0 radical (unpaired) electrons. The van der Waals surface area contributed by atoms with Gasteiger partial charge in [-0.1, -0.05) is 12.1 Å². The highest BCUT2D eigenvalue weighted by Crippen LogP contribution is 2.21. The van der Waals surface area contributed by atoms with Crippen LogP contribution in [-0.2, 0) is 4.79 Å². The van der Waals surface area contributed by atoms with Crippen LogP contribution in [0.1, 0.15) is 21.5 Å². The maximum atomic E-state index is 13.0. The van der Waals surface area contributed by atoms with Gasteiger partial charge in [0.25, 0.3) is 5.91 Å². The summed E-state index contributed by atoms with van der Waals surface area (Å²) in [7, 11) is 0. The van der Waals surface area contributed by atoms with Gasteiger partial charge in [-0.2, -0.15) is 0 Å². The number of hydrogen-bond acceptors (Lipinski definition) is 3. The number of aryl methyl sites for hydroxylation is 1. The summed E-state index contributed by atoms with van der Waals surface area (Å²) >= 11 is 0. The highest BCUT2D eigenvalue weighted by Gasteiger charge is 2.08. The minimum absolute atomic E-state index is 0.297. The summed E-state index contributed by atoms with van der Waals surface area (Å²) in [5, 5.41) is 5.53. The molecule has 2 aromatic carbocycles. The summed E-state index contributed by atoms with van der Waals surface area (Å²) in [4.78, 5) is 28.4. The molecular weight excluding hydrogens is 357 g/mol. The Bertz CT molecular complexity index is 1020. The molecule has 0 atom stereocenters. The first kappa shape index (κ1) is 19.0. The van der Waals surface area contributed by atoms with Crippen molar-refractivity contribution in [2.24, 2.45) is 0 Å². The lowest BCUT2D eigenvalue weighted by molar-refractivity contribution is -0.111. The number of nitrogens with one attached hydrogen (secondary N) is 2. The lowest BCUT2D eigenvalue weighted by Crippen LogP contribution is -2.13. The highest BCUT2D eigenvalue weighted by molar-refractivity contribution is 6.05. The fourth-order valence-corrected chi connectivity index (χ4v) is 2.46. The zero-order valence-corrected chi connectivity index (χ0v) is 15.1. The quantitative estimate of drug-likeness (QED) is 0.648. The Morgan fingerprint density at radius 1 is 1.04 bits per heavy atom. The summed E-state index contributed by atoms with van der Waals surface area (Å²) in [6.07, 6.45) is 6.39. The maximum absolute atomic E-state index is 13.0. The van der Waals surface area contributed by atoms with Crippen molar-refractivity contribution in [1.29, 1.82) is 0 Å². The number of nitrogens with zero attached hydrogens (tertiary/aromatic N) is 1. The van der Waals surface area contributed by atoms with Crippen LogP contribution in [0.3, 0.4) is 0 Å². The van der Waals surface area contributed by atoms with Crippen LogP contribution in [0.25, 0.3) is 6.08 Å². The zero-order chi connectivity index (χ0) is 19.9. The number of carbonyl (C=O) groups excluding carboxylic acids is 2. The fraction of sp³-hybridized carbons (Fsp3) is 0.0455. The Kier molecular flexibility index (Phi) is 5.91. The van der Waals surface area contributed by atoms with Crippen molar-refractivity contribution in [1.82, 2.24) is 4.98 Å². The summed E-state index contributed by atoms with van der Waals surface area (Å²) in [6.45, 7) is 1.85. The van der Waals surface area contributed by atoms with Crippen LogP contribution < -0.4 is 10.6 Å². The molecule has 0 saturated carbocycles. The van der Waals surface area contributed by atoms with E-state index >= 15 is 0 Å². The molecule has 2 amide bonds. The SMILES string of the molecule is Cc1ccc(NC(=O)c2ccc(F)cc2)cc1NC(=O)/C=C/c1cccnc1. The van der Waals surface area contributed by atoms with E-state index in [1.54, 1.807) is 42.7 Å². The second-order valence-corrected chi connectivity index (χ2v) is 6.10. The molecule has 1 heterocycles. The van der Waals surface area contributed by atoms with E-state index in [2.05, 4.69) is 15.6 Å². The number of carbonyl (C=O) groups is 2. The minimum atomic E-state index is -0.406. The molecule has 0 aliphatic carbocycles. The second kappa shape index (κ2) is 8.73. The molecular formula is C22H18FN3O2. The van der Waals surface area contributed by atoms with Crippen LogP contribution in [0.5, 0.6) is 0 Å². The van der Waals surface area contributed by atoms with Gasteiger partial charge >= 0.3 is 0 Å². The minimum Gasteiger partial charge on any atom is -0.322 e. The number of benzene rings is 2. The topological polar surface area (TPSA) is 71.1 Å². The predicted molar refractivity (Wildman–Crippen MR) is 107 cm³/mol. The Morgan fingerprint density at radius 2 is 1.82 bits per heavy atom. The molecule has 0 saturated heterocycles. The average molecular weight is 375 g/mol. The summed E-state index contributed by atoms with van der Waals surface area (Å²) in [5.74, 6) is -1.07. The maximum Gasteiger partial charge on any atom is 0.255 e. The normalized spacial score (nSPS) is 10.6. The van der Waals surface area contributed by atoms with Crippen molar-refractivity contribution in [3.05, 3.63) is 95.6 Å². The average Bonchev–Trinajstić information content (AvgIpc) is 2.70. The lowest BCUT2D eigenvalue weighted by Gasteiger charge is -2.11. The van der Waals surface area contributed by atoms with Crippen LogP contribution in [-0.4, -0.2) is 16.8 Å². The van der Waals surface area contributed by atoms with Crippen LogP contribution in [0, 0.1) is 12.7 Å². The molecule has 0 bridgehead atoms. The van der Waals surface area contributed by atoms with Crippen molar-refractivity contribution in [2.75, 3.05) is 10.6 Å². The standard InChI is InChI=1S/C22H18FN3O2/c1-15-4-10-19(25-22(28)17-6-8-18(23)9-7-17)13-20(15)26-21(27)11-5-16-3-2-12-24-14-16/h2-14H,1H3,(H,25,28)(H,26,27)/b11-5+. The van der Waals surface area contributed by atoms with Crippen molar-refractivity contribution in [3.63, 3.8) is 0 Å². The van der Waals surface area contributed by atoms with Gasteiger partial charge in [-0.25, -0.2) is 4.39 Å².